The van der Waals surface area contributed by atoms with Gasteiger partial charge in [-0.25, -0.2) is 9.78 Å². The zero-order valence-electron chi connectivity index (χ0n) is 14.8. The molecule has 4 rings (SSSR count). The molecule has 1 aliphatic carbocycles. The van der Waals surface area contributed by atoms with Gasteiger partial charge in [-0.3, -0.25) is 5.10 Å². The number of rotatable bonds is 4. The molecule has 1 aromatic heterocycles. The predicted octanol–water partition coefficient (Wildman–Crippen LogP) is 3.49. The maximum atomic E-state index is 12.4. The molecule has 0 spiro atoms. The van der Waals surface area contributed by atoms with Crippen LogP contribution >= 0.6 is 0 Å². The molecule has 26 heavy (non-hydrogen) atoms. The summed E-state index contributed by atoms with van der Waals surface area (Å²) in [7, 11) is 1.69. The van der Waals surface area contributed by atoms with Crippen molar-refractivity contribution in [1.29, 1.82) is 0 Å². The molecule has 1 heterocycles. The molecule has 0 atom stereocenters. The van der Waals surface area contributed by atoms with Gasteiger partial charge in [0.15, 0.2) is 5.82 Å². The molecular formula is C20H20N4O2. The fourth-order valence-corrected chi connectivity index (χ4v) is 3.44. The van der Waals surface area contributed by atoms with Gasteiger partial charge in [-0.1, -0.05) is 48.5 Å². The van der Waals surface area contributed by atoms with Crippen molar-refractivity contribution in [3.8, 4) is 11.1 Å². The monoisotopic (exact) mass is 348 g/mol. The van der Waals surface area contributed by atoms with Crippen molar-refractivity contribution in [2.45, 2.75) is 19.4 Å². The Bertz CT molecular complexity index is 905. The number of nitrogens with one attached hydrogen (secondary N) is 1. The lowest BCUT2D eigenvalue weighted by atomic mass is 9.98. The minimum absolute atomic E-state index is 0.0607. The zero-order chi connectivity index (χ0) is 18.1. The maximum Gasteiger partial charge on any atom is 0.409 e. The number of carbonyl (C=O) groups is 1. The number of ether oxygens (including phenoxy) is 1. The summed E-state index contributed by atoms with van der Waals surface area (Å²) in [6, 6.07) is 16.6. The van der Waals surface area contributed by atoms with Gasteiger partial charge in [0.2, 0.25) is 0 Å². The van der Waals surface area contributed by atoms with Crippen molar-refractivity contribution in [2.75, 3.05) is 13.7 Å². The zero-order valence-corrected chi connectivity index (χ0v) is 14.8. The van der Waals surface area contributed by atoms with E-state index in [-0.39, 0.29) is 12.0 Å². The second kappa shape index (κ2) is 6.63. The Labute approximate surface area is 151 Å². The standard InChI is InChI=1S/C20H20N4O2/c1-13-21-19(23-22-13)11-24(2)20(25)26-12-18-16-9-5-3-7-14(16)15-8-4-6-10-17(15)18/h3-10,18H,11-12H2,1-2H3,(H,21,22,23). The van der Waals surface area contributed by atoms with E-state index in [2.05, 4.69) is 39.4 Å². The minimum Gasteiger partial charge on any atom is -0.448 e. The van der Waals surface area contributed by atoms with Crippen molar-refractivity contribution >= 4 is 6.09 Å². The van der Waals surface area contributed by atoms with Crippen molar-refractivity contribution in [2.24, 2.45) is 0 Å². The van der Waals surface area contributed by atoms with E-state index in [4.69, 9.17) is 4.74 Å². The summed E-state index contributed by atoms with van der Waals surface area (Å²) < 4.78 is 5.60. The van der Waals surface area contributed by atoms with Crippen LogP contribution in [0.5, 0.6) is 0 Å². The molecule has 1 amide bonds. The Morgan fingerprint density at radius 1 is 1.12 bits per heavy atom. The summed E-state index contributed by atoms with van der Waals surface area (Å²) in [6.07, 6.45) is -0.380. The number of hydrogen-bond acceptors (Lipinski definition) is 4. The smallest absolute Gasteiger partial charge is 0.409 e. The molecule has 0 radical (unpaired) electrons. The highest BCUT2D eigenvalue weighted by Crippen LogP contribution is 2.44. The van der Waals surface area contributed by atoms with Crippen LogP contribution in [-0.2, 0) is 11.3 Å². The van der Waals surface area contributed by atoms with Gasteiger partial charge in [0, 0.05) is 13.0 Å². The Kier molecular flexibility index (Phi) is 4.16. The second-order valence-corrected chi connectivity index (χ2v) is 6.50. The number of benzene rings is 2. The third-order valence-corrected chi connectivity index (χ3v) is 4.67. The van der Waals surface area contributed by atoms with Gasteiger partial charge in [0.25, 0.3) is 0 Å². The number of H-pyrrole nitrogens is 1. The molecule has 6 heteroatoms. The molecular weight excluding hydrogens is 328 g/mol. The number of fused-ring (bicyclic) bond motifs is 3. The lowest BCUT2D eigenvalue weighted by Gasteiger charge is -2.18. The third-order valence-electron chi connectivity index (χ3n) is 4.67. The predicted molar refractivity (Wildman–Crippen MR) is 97.7 cm³/mol. The molecule has 0 aliphatic heterocycles. The summed E-state index contributed by atoms with van der Waals surface area (Å²) in [4.78, 5) is 18.1. The molecule has 1 N–H and O–H groups in total. The Morgan fingerprint density at radius 3 is 2.31 bits per heavy atom. The molecule has 1 aliphatic rings. The van der Waals surface area contributed by atoms with Crippen LogP contribution < -0.4 is 0 Å². The van der Waals surface area contributed by atoms with Gasteiger partial charge in [-0.2, -0.15) is 5.10 Å². The lowest BCUT2D eigenvalue weighted by Crippen LogP contribution is -2.28. The average Bonchev–Trinajstić information content (AvgIpc) is 3.21. The summed E-state index contributed by atoms with van der Waals surface area (Å²) in [6.45, 7) is 2.44. The SMILES string of the molecule is Cc1nc(CN(C)C(=O)OCC2c3ccccc3-c3ccccc32)n[nH]1. The van der Waals surface area contributed by atoms with Gasteiger partial charge < -0.3 is 9.64 Å². The molecule has 2 aromatic carbocycles. The number of nitrogens with zero attached hydrogens (tertiary/aromatic N) is 3. The van der Waals surface area contributed by atoms with Gasteiger partial charge in [-0.05, 0) is 29.2 Å². The summed E-state index contributed by atoms with van der Waals surface area (Å²) in [5.74, 6) is 1.35. The van der Waals surface area contributed by atoms with E-state index >= 15 is 0 Å². The highest BCUT2D eigenvalue weighted by Gasteiger charge is 2.29. The van der Waals surface area contributed by atoms with E-state index in [9.17, 15) is 4.79 Å². The van der Waals surface area contributed by atoms with E-state index < -0.39 is 0 Å². The third kappa shape index (κ3) is 2.94. The van der Waals surface area contributed by atoms with Gasteiger partial charge in [-0.15, -0.1) is 0 Å². The lowest BCUT2D eigenvalue weighted by molar-refractivity contribution is 0.105. The number of aromatic amines is 1. The fraction of sp³-hybridized carbons (Fsp3) is 0.250. The van der Waals surface area contributed by atoms with Crippen LogP contribution in [0.3, 0.4) is 0 Å². The second-order valence-electron chi connectivity index (χ2n) is 6.50. The molecule has 132 valence electrons. The van der Waals surface area contributed by atoms with Crippen LogP contribution in [0.25, 0.3) is 11.1 Å². The first-order valence-electron chi connectivity index (χ1n) is 8.57. The largest absolute Gasteiger partial charge is 0.448 e. The van der Waals surface area contributed by atoms with E-state index in [1.165, 1.54) is 27.2 Å². The highest BCUT2D eigenvalue weighted by molar-refractivity contribution is 5.79. The number of aromatic nitrogens is 3. The van der Waals surface area contributed by atoms with Crippen LogP contribution in [-0.4, -0.2) is 39.8 Å². The molecule has 0 unspecified atom stereocenters. The van der Waals surface area contributed by atoms with Gasteiger partial charge >= 0.3 is 6.09 Å². The molecule has 0 saturated carbocycles. The molecule has 3 aromatic rings. The molecule has 6 nitrogen and oxygen atoms in total. The quantitative estimate of drug-likeness (QED) is 0.783. The first-order valence-corrected chi connectivity index (χ1v) is 8.57. The number of aryl methyl sites for hydroxylation is 1. The Hall–Kier alpha value is -3.15. The van der Waals surface area contributed by atoms with Gasteiger partial charge in [0.05, 0.1) is 6.54 Å². The average molecular weight is 348 g/mol. The van der Waals surface area contributed by atoms with Crippen molar-refractivity contribution in [1.82, 2.24) is 20.1 Å². The van der Waals surface area contributed by atoms with Crippen LogP contribution in [0, 0.1) is 6.92 Å². The van der Waals surface area contributed by atoms with Crippen molar-refractivity contribution in [3.63, 3.8) is 0 Å². The maximum absolute atomic E-state index is 12.4. The summed E-state index contributed by atoms with van der Waals surface area (Å²) in [5, 5.41) is 6.82. The molecule has 0 saturated heterocycles. The number of carbonyl (C=O) groups excluding carboxylic acids is 1. The van der Waals surface area contributed by atoms with E-state index in [0.717, 1.165) is 5.82 Å². The van der Waals surface area contributed by atoms with Crippen LogP contribution in [0.2, 0.25) is 0 Å². The van der Waals surface area contributed by atoms with Crippen LogP contribution in [0.15, 0.2) is 48.5 Å². The van der Waals surface area contributed by atoms with Crippen LogP contribution in [0.1, 0.15) is 28.7 Å². The first kappa shape index (κ1) is 16.3. The Morgan fingerprint density at radius 2 is 1.73 bits per heavy atom. The van der Waals surface area contributed by atoms with E-state index in [0.29, 0.717) is 19.0 Å². The molecule has 0 bridgehead atoms. The summed E-state index contributed by atoms with van der Waals surface area (Å²) >= 11 is 0. The van der Waals surface area contributed by atoms with Gasteiger partial charge in [0.1, 0.15) is 12.4 Å². The summed E-state index contributed by atoms with van der Waals surface area (Å²) in [5.41, 5.74) is 4.84. The molecule has 0 fully saturated rings. The number of amides is 1. The number of hydrogen-bond donors (Lipinski definition) is 1. The fourth-order valence-electron chi connectivity index (χ4n) is 3.44. The first-order chi connectivity index (χ1) is 12.6. The van der Waals surface area contributed by atoms with Crippen molar-refractivity contribution < 1.29 is 9.53 Å². The Balaban J connectivity index is 1.47. The van der Waals surface area contributed by atoms with Crippen LogP contribution in [0.4, 0.5) is 4.79 Å². The topological polar surface area (TPSA) is 71.1 Å². The van der Waals surface area contributed by atoms with E-state index in [1.807, 2.05) is 31.2 Å². The minimum atomic E-state index is -0.380. The van der Waals surface area contributed by atoms with Crippen molar-refractivity contribution in [3.05, 3.63) is 71.3 Å². The van der Waals surface area contributed by atoms with E-state index in [1.54, 1.807) is 7.05 Å². The highest BCUT2D eigenvalue weighted by atomic mass is 16.6. The normalized spacial score (nSPS) is 12.5.